The molecule has 7 heteroatoms. The zero-order valence-corrected chi connectivity index (χ0v) is 11.9. The fourth-order valence-electron chi connectivity index (χ4n) is 1.48. The summed E-state index contributed by atoms with van der Waals surface area (Å²) >= 11 is 1.16. The van der Waals surface area contributed by atoms with Crippen molar-refractivity contribution in [1.82, 2.24) is 4.98 Å². The van der Waals surface area contributed by atoms with Crippen molar-refractivity contribution in [1.29, 1.82) is 5.26 Å². The van der Waals surface area contributed by atoms with Gasteiger partial charge in [0, 0.05) is 12.3 Å². The van der Waals surface area contributed by atoms with Crippen molar-refractivity contribution in [3.05, 3.63) is 40.9 Å². The van der Waals surface area contributed by atoms with Gasteiger partial charge >= 0.3 is 0 Å². The molecule has 1 aromatic carbocycles. The molecule has 1 amide bonds. The van der Waals surface area contributed by atoms with E-state index in [1.807, 2.05) is 6.07 Å². The molecule has 2 aromatic rings. The van der Waals surface area contributed by atoms with Crippen molar-refractivity contribution in [2.24, 2.45) is 0 Å². The SMILES string of the molecule is CC(=O)c1csc(NC(=O)COc2ccccc2C#N)n1. The normalized spacial score (nSPS) is 9.71. The average Bonchev–Trinajstić information content (AvgIpc) is 2.94. The second-order valence-electron chi connectivity index (χ2n) is 4.04. The maximum atomic E-state index is 11.7. The first-order valence-corrected chi connectivity index (χ1v) is 6.86. The molecule has 2 rings (SSSR count). The maximum absolute atomic E-state index is 11.7. The summed E-state index contributed by atoms with van der Waals surface area (Å²) in [6.07, 6.45) is 0. The van der Waals surface area contributed by atoms with Crippen LogP contribution in [0.1, 0.15) is 23.0 Å². The predicted octanol–water partition coefficient (Wildman–Crippen LogP) is 2.23. The molecule has 1 heterocycles. The molecule has 0 atom stereocenters. The summed E-state index contributed by atoms with van der Waals surface area (Å²) in [7, 11) is 0. The molecule has 0 saturated carbocycles. The third kappa shape index (κ3) is 3.87. The van der Waals surface area contributed by atoms with Crippen LogP contribution in [0.3, 0.4) is 0 Å². The Bertz CT molecular complexity index is 718. The molecule has 0 bridgehead atoms. The summed E-state index contributed by atoms with van der Waals surface area (Å²) < 4.78 is 5.29. The van der Waals surface area contributed by atoms with Crippen LogP contribution in [-0.4, -0.2) is 23.3 Å². The number of ketones is 1. The van der Waals surface area contributed by atoms with E-state index in [4.69, 9.17) is 10.00 Å². The minimum atomic E-state index is -0.410. The van der Waals surface area contributed by atoms with E-state index in [-0.39, 0.29) is 12.4 Å². The number of anilines is 1. The molecule has 21 heavy (non-hydrogen) atoms. The molecule has 6 nitrogen and oxygen atoms in total. The predicted molar refractivity (Wildman–Crippen MR) is 77.4 cm³/mol. The second-order valence-corrected chi connectivity index (χ2v) is 4.90. The number of hydrogen-bond acceptors (Lipinski definition) is 6. The minimum Gasteiger partial charge on any atom is -0.482 e. The molecule has 0 aliphatic rings. The summed E-state index contributed by atoms with van der Waals surface area (Å²) in [6.45, 7) is 1.16. The Balaban J connectivity index is 1.93. The molecule has 0 aliphatic carbocycles. The molecule has 1 aromatic heterocycles. The second kappa shape index (κ2) is 6.63. The highest BCUT2D eigenvalue weighted by Crippen LogP contribution is 2.17. The van der Waals surface area contributed by atoms with Crippen molar-refractivity contribution in [2.75, 3.05) is 11.9 Å². The van der Waals surface area contributed by atoms with E-state index in [1.54, 1.807) is 29.6 Å². The Morgan fingerprint density at radius 1 is 1.43 bits per heavy atom. The fourth-order valence-corrected chi connectivity index (χ4v) is 2.24. The topological polar surface area (TPSA) is 92.1 Å². The lowest BCUT2D eigenvalue weighted by Crippen LogP contribution is -2.20. The summed E-state index contributed by atoms with van der Waals surface area (Å²) in [5.74, 6) is -0.225. The van der Waals surface area contributed by atoms with Gasteiger partial charge in [-0.15, -0.1) is 11.3 Å². The van der Waals surface area contributed by atoms with Crippen LogP contribution >= 0.6 is 11.3 Å². The number of nitriles is 1. The van der Waals surface area contributed by atoms with Gasteiger partial charge in [-0.3, -0.25) is 14.9 Å². The number of amides is 1. The highest BCUT2D eigenvalue weighted by molar-refractivity contribution is 7.14. The van der Waals surface area contributed by atoms with Gasteiger partial charge in [-0.05, 0) is 12.1 Å². The zero-order valence-electron chi connectivity index (χ0n) is 11.1. The van der Waals surface area contributed by atoms with E-state index in [9.17, 15) is 9.59 Å². The van der Waals surface area contributed by atoms with Gasteiger partial charge in [0.15, 0.2) is 17.5 Å². The van der Waals surface area contributed by atoms with Crippen LogP contribution in [0.15, 0.2) is 29.6 Å². The molecular weight excluding hydrogens is 290 g/mol. The van der Waals surface area contributed by atoms with Crippen LogP contribution in [0, 0.1) is 11.3 Å². The van der Waals surface area contributed by atoms with Crippen molar-refractivity contribution in [3.63, 3.8) is 0 Å². The standard InChI is InChI=1S/C14H11N3O3S/c1-9(18)11-8-21-14(16-11)17-13(19)7-20-12-5-3-2-4-10(12)6-15/h2-5,8H,7H2,1H3,(H,16,17,19). The van der Waals surface area contributed by atoms with Gasteiger partial charge < -0.3 is 4.74 Å². The van der Waals surface area contributed by atoms with Crippen LogP contribution in [0.4, 0.5) is 5.13 Å². The molecule has 0 saturated heterocycles. The van der Waals surface area contributed by atoms with Crippen LogP contribution in [-0.2, 0) is 4.79 Å². The number of nitrogens with zero attached hydrogens (tertiary/aromatic N) is 2. The number of hydrogen-bond donors (Lipinski definition) is 1. The van der Waals surface area contributed by atoms with Gasteiger partial charge in [-0.2, -0.15) is 5.26 Å². The van der Waals surface area contributed by atoms with E-state index in [1.165, 1.54) is 6.92 Å². The number of Topliss-reactive ketones (excluding diaryl/α,β-unsaturated/α-hetero) is 1. The summed E-state index contributed by atoms with van der Waals surface area (Å²) in [4.78, 5) is 26.8. The number of rotatable bonds is 5. The van der Waals surface area contributed by atoms with Gasteiger partial charge in [0.25, 0.3) is 5.91 Å². The van der Waals surface area contributed by atoms with Crippen LogP contribution in [0.5, 0.6) is 5.75 Å². The van der Waals surface area contributed by atoms with Crippen LogP contribution < -0.4 is 10.1 Å². The summed E-state index contributed by atoms with van der Waals surface area (Å²) in [5, 5.41) is 13.3. The highest BCUT2D eigenvalue weighted by Gasteiger charge is 2.10. The van der Waals surface area contributed by atoms with Crippen LogP contribution in [0.25, 0.3) is 0 Å². The maximum Gasteiger partial charge on any atom is 0.264 e. The molecule has 0 unspecified atom stereocenters. The van der Waals surface area contributed by atoms with Gasteiger partial charge in [0.1, 0.15) is 17.5 Å². The fraction of sp³-hybridized carbons (Fsp3) is 0.143. The summed E-state index contributed by atoms with van der Waals surface area (Å²) in [5.41, 5.74) is 0.671. The zero-order chi connectivity index (χ0) is 15.2. The van der Waals surface area contributed by atoms with Crippen LogP contribution in [0.2, 0.25) is 0 Å². The first kappa shape index (κ1) is 14.7. The number of carbonyl (C=O) groups is 2. The number of benzene rings is 1. The van der Waals surface area contributed by atoms with E-state index in [2.05, 4.69) is 10.3 Å². The smallest absolute Gasteiger partial charge is 0.264 e. The van der Waals surface area contributed by atoms with E-state index in [0.29, 0.717) is 22.1 Å². The van der Waals surface area contributed by atoms with Gasteiger partial charge in [-0.1, -0.05) is 12.1 Å². The van der Waals surface area contributed by atoms with E-state index in [0.717, 1.165) is 11.3 Å². The Kier molecular flexibility index (Phi) is 4.64. The molecule has 0 aliphatic heterocycles. The van der Waals surface area contributed by atoms with Gasteiger partial charge in [0.2, 0.25) is 0 Å². The number of carbonyl (C=O) groups excluding carboxylic acids is 2. The number of nitrogens with one attached hydrogen (secondary N) is 1. The molecule has 1 N–H and O–H groups in total. The van der Waals surface area contributed by atoms with Crippen molar-refractivity contribution >= 4 is 28.2 Å². The van der Waals surface area contributed by atoms with Gasteiger partial charge in [-0.25, -0.2) is 4.98 Å². The van der Waals surface area contributed by atoms with Crippen molar-refractivity contribution in [2.45, 2.75) is 6.92 Å². The van der Waals surface area contributed by atoms with E-state index >= 15 is 0 Å². The Labute approximate surface area is 125 Å². The lowest BCUT2D eigenvalue weighted by atomic mass is 10.2. The summed E-state index contributed by atoms with van der Waals surface area (Å²) in [6, 6.07) is 8.63. The number of aromatic nitrogens is 1. The van der Waals surface area contributed by atoms with E-state index < -0.39 is 5.91 Å². The Morgan fingerprint density at radius 2 is 2.19 bits per heavy atom. The lowest BCUT2D eigenvalue weighted by molar-refractivity contribution is -0.118. The Hall–Kier alpha value is -2.72. The highest BCUT2D eigenvalue weighted by atomic mass is 32.1. The third-order valence-corrected chi connectivity index (χ3v) is 3.24. The number of thiazole rings is 1. The molecule has 0 radical (unpaired) electrons. The Morgan fingerprint density at radius 3 is 2.86 bits per heavy atom. The molecule has 0 fully saturated rings. The molecule has 106 valence electrons. The third-order valence-electron chi connectivity index (χ3n) is 2.48. The first-order valence-electron chi connectivity index (χ1n) is 5.98. The molecule has 0 spiro atoms. The monoisotopic (exact) mass is 301 g/mol. The first-order chi connectivity index (χ1) is 10.1. The average molecular weight is 301 g/mol. The number of ether oxygens (including phenoxy) is 1. The van der Waals surface area contributed by atoms with Crippen molar-refractivity contribution < 1.29 is 14.3 Å². The molecular formula is C14H11N3O3S. The quantitative estimate of drug-likeness (QED) is 0.855. The number of para-hydroxylation sites is 1. The largest absolute Gasteiger partial charge is 0.482 e. The van der Waals surface area contributed by atoms with Gasteiger partial charge in [0.05, 0.1) is 5.56 Å². The minimum absolute atomic E-state index is 0.161. The van der Waals surface area contributed by atoms with Crippen molar-refractivity contribution in [3.8, 4) is 11.8 Å². The lowest BCUT2D eigenvalue weighted by Gasteiger charge is -2.06.